The maximum absolute atomic E-state index is 12.7. The number of rotatable bonds is 8. The van der Waals surface area contributed by atoms with E-state index >= 15 is 0 Å². The molecule has 1 fully saturated rings. The van der Waals surface area contributed by atoms with Crippen molar-refractivity contribution in [3.8, 4) is 17.2 Å². The first-order chi connectivity index (χ1) is 20.0. The first kappa shape index (κ1) is 30.5. The fourth-order valence-electron chi connectivity index (χ4n) is 4.77. The maximum Gasteiger partial charge on any atom is 0.273 e. The van der Waals surface area contributed by atoms with Crippen LogP contribution < -0.4 is 10.2 Å². The van der Waals surface area contributed by atoms with Crippen molar-refractivity contribution in [2.45, 2.75) is 39.7 Å². The van der Waals surface area contributed by atoms with E-state index in [0.717, 1.165) is 27.9 Å². The van der Waals surface area contributed by atoms with E-state index in [2.05, 4.69) is 26.4 Å². The number of nitriles is 1. The molecule has 0 bridgehead atoms. The van der Waals surface area contributed by atoms with Crippen molar-refractivity contribution in [3.63, 3.8) is 0 Å². The van der Waals surface area contributed by atoms with Crippen molar-refractivity contribution in [3.05, 3.63) is 77.0 Å². The van der Waals surface area contributed by atoms with E-state index in [1.807, 2.05) is 75.9 Å². The zero-order chi connectivity index (χ0) is 30.4. The Morgan fingerprint density at radius 2 is 1.88 bits per heavy atom. The van der Waals surface area contributed by atoms with Crippen LogP contribution in [-0.2, 0) is 16.8 Å². The molecule has 0 radical (unpaired) electrons. The molecule has 0 spiro atoms. The summed E-state index contributed by atoms with van der Waals surface area (Å²) in [5.41, 5.74) is 5.01. The summed E-state index contributed by atoms with van der Waals surface area (Å²) >= 11 is 0. The third-order valence-corrected chi connectivity index (χ3v) is 7.26. The van der Waals surface area contributed by atoms with E-state index < -0.39 is 0 Å². The summed E-state index contributed by atoms with van der Waals surface area (Å²) in [7, 11) is 3.92. The highest BCUT2D eigenvalue weighted by Crippen LogP contribution is 2.35. The minimum atomic E-state index is -0.299. The van der Waals surface area contributed by atoms with Gasteiger partial charge >= 0.3 is 0 Å². The Kier molecular flexibility index (Phi) is 9.43. The number of hydrogen-bond donors (Lipinski definition) is 1. The second-order valence-electron chi connectivity index (χ2n) is 11.8. The molecular weight excluding hydrogens is 530 g/mol. The Morgan fingerprint density at radius 3 is 2.50 bits per heavy atom. The maximum atomic E-state index is 12.7. The van der Waals surface area contributed by atoms with Gasteiger partial charge < -0.3 is 24.5 Å². The van der Waals surface area contributed by atoms with Crippen LogP contribution in [0.3, 0.4) is 0 Å². The smallest absolute Gasteiger partial charge is 0.273 e. The number of hydrogen-bond acceptors (Lipinski definition) is 8. The molecule has 2 aromatic heterocycles. The second-order valence-corrected chi connectivity index (χ2v) is 11.8. The van der Waals surface area contributed by atoms with E-state index in [9.17, 15) is 14.9 Å². The molecule has 1 aromatic carbocycles. The first-order valence-electron chi connectivity index (χ1n) is 14.1. The van der Waals surface area contributed by atoms with Crippen molar-refractivity contribution in [1.29, 1.82) is 5.26 Å². The van der Waals surface area contributed by atoms with Gasteiger partial charge in [0.15, 0.2) is 5.69 Å². The predicted molar refractivity (Wildman–Crippen MR) is 162 cm³/mol. The van der Waals surface area contributed by atoms with Crippen LogP contribution in [0.1, 0.15) is 53.7 Å². The molecule has 0 unspecified atom stereocenters. The van der Waals surface area contributed by atoms with Gasteiger partial charge in [0.25, 0.3) is 5.91 Å². The zero-order valence-electron chi connectivity index (χ0n) is 25.3. The molecule has 10 nitrogen and oxygen atoms in total. The Balaban J connectivity index is 1.48. The van der Waals surface area contributed by atoms with Gasteiger partial charge in [0.1, 0.15) is 11.8 Å². The van der Waals surface area contributed by atoms with Crippen LogP contribution in [0.15, 0.2) is 53.3 Å². The highest BCUT2D eigenvalue weighted by Gasteiger charge is 2.25. The number of benzene rings is 1. The molecule has 4 rings (SSSR count). The summed E-state index contributed by atoms with van der Waals surface area (Å²) in [5.74, 6) is 0.364. The van der Waals surface area contributed by atoms with Gasteiger partial charge in [-0.2, -0.15) is 5.26 Å². The Labute approximate surface area is 247 Å². The van der Waals surface area contributed by atoms with Gasteiger partial charge in [-0.15, -0.1) is 0 Å². The third-order valence-electron chi connectivity index (χ3n) is 7.26. The number of aryl methyl sites for hydroxylation is 1. The summed E-state index contributed by atoms with van der Waals surface area (Å²) in [4.78, 5) is 35.7. The van der Waals surface area contributed by atoms with Crippen LogP contribution in [0, 0.1) is 18.3 Å². The molecule has 0 aliphatic carbocycles. The number of nitrogens with zero attached hydrogens (tertiary/aromatic N) is 6. The highest BCUT2D eigenvalue weighted by atomic mass is 16.5. The van der Waals surface area contributed by atoms with Crippen molar-refractivity contribution >= 4 is 17.5 Å². The average molecular weight is 570 g/mol. The highest BCUT2D eigenvalue weighted by molar-refractivity contribution is 5.92. The van der Waals surface area contributed by atoms with Crippen LogP contribution in [-0.4, -0.2) is 78.6 Å². The topological polar surface area (TPSA) is 119 Å². The molecule has 3 heterocycles. The van der Waals surface area contributed by atoms with E-state index in [0.29, 0.717) is 50.6 Å². The molecule has 3 aromatic rings. The Morgan fingerprint density at radius 1 is 1.14 bits per heavy atom. The van der Waals surface area contributed by atoms with Crippen molar-refractivity contribution < 1.29 is 14.1 Å². The molecule has 0 saturated carbocycles. The molecule has 2 amide bonds. The Hall–Kier alpha value is -4.49. The molecule has 42 heavy (non-hydrogen) atoms. The minimum absolute atomic E-state index is 0.0112. The van der Waals surface area contributed by atoms with E-state index in [1.165, 1.54) is 0 Å². The molecule has 1 saturated heterocycles. The molecule has 1 N–H and O–H groups in total. The normalized spacial score (nSPS) is 14.0. The molecule has 10 heteroatoms. The molecule has 0 atom stereocenters. The molecule has 1 aliphatic heterocycles. The number of amides is 2. The van der Waals surface area contributed by atoms with Crippen LogP contribution in [0.5, 0.6) is 0 Å². The first-order valence-corrected chi connectivity index (χ1v) is 14.1. The van der Waals surface area contributed by atoms with Gasteiger partial charge in [-0.25, -0.2) is 0 Å². The number of aromatic nitrogens is 2. The zero-order valence-corrected chi connectivity index (χ0v) is 25.3. The van der Waals surface area contributed by atoms with Crippen molar-refractivity contribution in [2.24, 2.45) is 0 Å². The number of carbonyl (C=O) groups is 2. The number of anilines is 1. The fraction of sp³-hybridized carbons (Fsp3) is 0.406. The molecular formula is C32H39N7O3. The minimum Gasteiger partial charge on any atom is -0.366 e. The van der Waals surface area contributed by atoms with Crippen molar-refractivity contribution in [1.82, 2.24) is 25.3 Å². The summed E-state index contributed by atoms with van der Waals surface area (Å²) in [5, 5.41) is 16.8. The Bertz CT molecular complexity index is 1500. The van der Waals surface area contributed by atoms with Crippen LogP contribution in [0.4, 0.5) is 5.69 Å². The average Bonchev–Trinajstić information content (AvgIpc) is 3.47. The van der Waals surface area contributed by atoms with Crippen LogP contribution in [0.2, 0.25) is 0 Å². The van der Waals surface area contributed by atoms with E-state index in [-0.39, 0.29) is 22.9 Å². The quantitative estimate of drug-likeness (QED) is 0.406. The van der Waals surface area contributed by atoms with Gasteiger partial charge in [0.05, 0.1) is 17.4 Å². The second kappa shape index (κ2) is 13.0. The lowest BCUT2D eigenvalue weighted by Gasteiger charge is -2.36. The summed E-state index contributed by atoms with van der Waals surface area (Å²) in [6, 6.07) is 9.95. The number of likely N-dealkylation sites (N-methyl/N-ethyl adjacent to an activating group) is 1. The number of nitrogens with one attached hydrogen (secondary N) is 1. The van der Waals surface area contributed by atoms with E-state index in [4.69, 9.17) is 4.52 Å². The van der Waals surface area contributed by atoms with Crippen molar-refractivity contribution in [2.75, 3.05) is 51.7 Å². The van der Waals surface area contributed by atoms with E-state index in [1.54, 1.807) is 24.5 Å². The lowest BCUT2D eigenvalue weighted by atomic mass is 9.93. The lowest BCUT2D eigenvalue weighted by Crippen LogP contribution is -2.48. The standard InChI is InChI=1S/C32H39N7O3/c1-22-16-23(9-10-24(22)20-35-31(41)26-17-28(42-36-26)32(2,3)4)30-25(18-33)19-34-21-27(30)38-12-14-39(15-13-38)29(40)8-7-11-37(5)6/h7-10,16-17,19,21H,11-15,20H2,1-6H3,(H,35,41)/b8-7+. The number of pyridine rings is 1. The monoisotopic (exact) mass is 569 g/mol. The van der Waals surface area contributed by atoms with Gasteiger partial charge in [0, 0.05) is 68.6 Å². The van der Waals surface area contributed by atoms with Gasteiger partial charge in [0.2, 0.25) is 5.91 Å². The van der Waals surface area contributed by atoms with Crippen LogP contribution in [0.25, 0.3) is 11.1 Å². The van der Waals surface area contributed by atoms with Gasteiger partial charge in [-0.3, -0.25) is 14.6 Å². The summed E-state index contributed by atoms with van der Waals surface area (Å²) in [6.45, 7) is 11.5. The van der Waals surface area contributed by atoms with Gasteiger partial charge in [-0.1, -0.05) is 50.2 Å². The van der Waals surface area contributed by atoms with Crippen LogP contribution >= 0.6 is 0 Å². The summed E-state index contributed by atoms with van der Waals surface area (Å²) in [6.07, 6.45) is 6.89. The largest absolute Gasteiger partial charge is 0.366 e. The van der Waals surface area contributed by atoms with Gasteiger partial charge in [-0.05, 0) is 37.7 Å². The molecule has 220 valence electrons. The third kappa shape index (κ3) is 7.22. The number of carbonyl (C=O) groups excluding carboxylic acids is 2. The SMILES string of the molecule is Cc1cc(-c2c(C#N)cncc2N2CCN(C(=O)/C=C/CN(C)C)CC2)ccc1CNC(=O)c1cc(C(C)(C)C)on1. The predicted octanol–water partition coefficient (Wildman–Crippen LogP) is 3.91. The number of piperazine rings is 1. The molecule has 1 aliphatic rings. The summed E-state index contributed by atoms with van der Waals surface area (Å²) < 4.78 is 5.34. The fourth-order valence-corrected chi connectivity index (χ4v) is 4.77. The lowest BCUT2D eigenvalue weighted by molar-refractivity contribution is -0.126.